The Labute approximate surface area is 97.1 Å². The van der Waals surface area contributed by atoms with E-state index in [1.807, 2.05) is 25.5 Å². The van der Waals surface area contributed by atoms with E-state index in [2.05, 4.69) is 26.6 Å². The molecule has 1 aliphatic rings. The fourth-order valence-electron chi connectivity index (χ4n) is 2.10. The monoisotopic (exact) mass is 220 g/mol. The summed E-state index contributed by atoms with van der Waals surface area (Å²) in [5.74, 6) is 0. The Bertz CT molecular complexity index is 295. The molecule has 0 aliphatic carbocycles. The van der Waals surface area contributed by atoms with Crippen molar-refractivity contribution in [1.82, 2.24) is 20.5 Å². The molecule has 1 aromatic rings. The Hall–Kier alpha value is -0.970. The van der Waals surface area contributed by atoms with E-state index in [4.69, 9.17) is 0 Å². The molecule has 1 unspecified atom stereocenters. The molecule has 1 atom stereocenters. The summed E-state index contributed by atoms with van der Waals surface area (Å²) in [6, 6.07) is 4.51. The Morgan fingerprint density at radius 3 is 2.94 bits per heavy atom. The highest BCUT2D eigenvalue weighted by Gasteiger charge is 2.16. The minimum absolute atomic E-state index is 0.381. The predicted molar refractivity (Wildman–Crippen MR) is 65.3 cm³/mol. The molecule has 88 valence electrons. The lowest BCUT2D eigenvalue weighted by Gasteiger charge is -2.30. The number of nitrogens with zero attached hydrogens (tertiary/aromatic N) is 2. The average molecular weight is 220 g/mol. The van der Waals surface area contributed by atoms with Gasteiger partial charge in [-0.3, -0.25) is 9.88 Å². The number of nitrogens with one attached hydrogen (secondary N) is 2. The van der Waals surface area contributed by atoms with Gasteiger partial charge >= 0.3 is 0 Å². The van der Waals surface area contributed by atoms with Gasteiger partial charge in [-0.15, -0.1) is 0 Å². The van der Waals surface area contributed by atoms with Gasteiger partial charge < -0.3 is 10.6 Å². The van der Waals surface area contributed by atoms with Crippen LogP contribution in [0.15, 0.2) is 24.5 Å². The van der Waals surface area contributed by atoms with Gasteiger partial charge in [0.15, 0.2) is 0 Å². The summed E-state index contributed by atoms with van der Waals surface area (Å²) in [6.45, 7) is 5.54. The van der Waals surface area contributed by atoms with Crippen LogP contribution in [0.25, 0.3) is 0 Å². The molecule has 0 radical (unpaired) electrons. The summed E-state index contributed by atoms with van der Waals surface area (Å²) >= 11 is 0. The molecule has 1 fully saturated rings. The first-order valence-corrected chi connectivity index (χ1v) is 5.90. The van der Waals surface area contributed by atoms with Crippen LogP contribution >= 0.6 is 0 Å². The van der Waals surface area contributed by atoms with Gasteiger partial charge in [-0.05, 0) is 18.7 Å². The molecule has 0 spiro atoms. The van der Waals surface area contributed by atoms with Gasteiger partial charge in [0.05, 0.1) is 0 Å². The molecule has 2 heterocycles. The molecule has 1 saturated heterocycles. The predicted octanol–water partition coefficient (Wildman–Crippen LogP) is 0.247. The van der Waals surface area contributed by atoms with Crippen LogP contribution in [-0.4, -0.2) is 49.7 Å². The number of piperazine rings is 1. The molecule has 1 aliphatic heterocycles. The molecule has 0 bridgehead atoms. The fourth-order valence-corrected chi connectivity index (χ4v) is 2.10. The van der Waals surface area contributed by atoms with Gasteiger partial charge in [-0.2, -0.15) is 0 Å². The van der Waals surface area contributed by atoms with Crippen LogP contribution < -0.4 is 10.6 Å². The van der Waals surface area contributed by atoms with Crippen molar-refractivity contribution in [2.75, 3.05) is 39.8 Å². The number of aromatic nitrogens is 1. The smallest absolute Gasteiger partial charge is 0.0462 e. The first-order chi connectivity index (χ1) is 7.90. The molecule has 2 N–H and O–H groups in total. The Morgan fingerprint density at radius 2 is 2.31 bits per heavy atom. The molecular formula is C12H20N4. The van der Waals surface area contributed by atoms with Gasteiger partial charge in [0.2, 0.25) is 0 Å². The largest absolute Gasteiger partial charge is 0.314 e. The fraction of sp³-hybridized carbons (Fsp3) is 0.583. The second-order valence-corrected chi connectivity index (χ2v) is 4.18. The van der Waals surface area contributed by atoms with Crippen LogP contribution in [0.3, 0.4) is 0 Å². The maximum atomic E-state index is 4.18. The van der Waals surface area contributed by atoms with Crippen LogP contribution in [0.2, 0.25) is 0 Å². The van der Waals surface area contributed by atoms with Crippen LogP contribution in [0.5, 0.6) is 0 Å². The van der Waals surface area contributed by atoms with Gasteiger partial charge in [-0.1, -0.05) is 6.07 Å². The van der Waals surface area contributed by atoms with Crippen molar-refractivity contribution in [3.63, 3.8) is 0 Å². The summed E-state index contributed by atoms with van der Waals surface area (Å²) in [5.41, 5.74) is 1.27. The third kappa shape index (κ3) is 3.01. The highest BCUT2D eigenvalue weighted by atomic mass is 15.2. The Morgan fingerprint density at radius 1 is 1.50 bits per heavy atom. The molecule has 2 rings (SSSR count). The summed E-state index contributed by atoms with van der Waals surface area (Å²) in [7, 11) is 2.01. The van der Waals surface area contributed by atoms with E-state index in [0.717, 1.165) is 32.7 Å². The Balaban J connectivity index is 1.94. The van der Waals surface area contributed by atoms with Crippen molar-refractivity contribution in [1.29, 1.82) is 0 Å². The second kappa shape index (κ2) is 5.94. The maximum Gasteiger partial charge on any atom is 0.0462 e. The summed E-state index contributed by atoms with van der Waals surface area (Å²) in [4.78, 5) is 6.67. The van der Waals surface area contributed by atoms with E-state index in [1.54, 1.807) is 0 Å². The SMILES string of the molecule is CNC(CN1CCNCC1)c1cccnc1. The molecule has 1 aromatic heterocycles. The van der Waals surface area contributed by atoms with E-state index in [-0.39, 0.29) is 0 Å². The molecule has 4 heteroatoms. The van der Waals surface area contributed by atoms with Crippen molar-refractivity contribution in [3.8, 4) is 0 Å². The lowest BCUT2D eigenvalue weighted by molar-refractivity contribution is 0.219. The number of hydrogen-bond donors (Lipinski definition) is 2. The highest BCUT2D eigenvalue weighted by Crippen LogP contribution is 2.12. The molecule has 4 nitrogen and oxygen atoms in total. The van der Waals surface area contributed by atoms with Gasteiger partial charge in [-0.25, -0.2) is 0 Å². The normalized spacial score (nSPS) is 19.6. The Kier molecular flexibility index (Phi) is 4.27. The highest BCUT2D eigenvalue weighted by molar-refractivity contribution is 5.14. The first-order valence-electron chi connectivity index (χ1n) is 5.90. The molecule has 16 heavy (non-hydrogen) atoms. The van der Waals surface area contributed by atoms with Crippen molar-refractivity contribution in [2.45, 2.75) is 6.04 Å². The van der Waals surface area contributed by atoms with E-state index in [9.17, 15) is 0 Å². The van der Waals surface area contributed by atoms with Crippen LogP contribution in [0.1, 0.15) is 11.6 Å². The van der Waals surface area contributed by atoms with Crippen LogP contribution in [0.4, 0.5) is 0 Å². The number of rotatable bonds is 4. The van der Waals surface area contributed by atoms with Gasteiger partial charge in [0.1, 0.15) is 0 Å². The lowest BCUT2D eigenvalue weighted by Crippen LogP contribution is -2.46. The van der Waals surface area contributed by atoms with Crippen molar-refractivity contribution >= 4 is 0 Å². The zero-order chi connectivity index (χ0) is 11.2. The molecule has 0 amide bonds. The second-order valence-electron chi connectivity index (χ2n) is 4.18. The molecule has 0 saturated carbocycles. The molecular weight excluding hydrogens is 200 g/mol. The van der Waals surface area contributed by atoms with E-state index < -0.39 is 0 Å². The third-order valence-corrected chi connectivity index (χ3v) is 3.09. The summed E-state index contributed by atoms with van der Waals surface area (Å²) < 4.78 is 0. The molecule has 0 aromatic carbocycles. The van der Waals surface area contributed by atoms with Crippen LogP contribution in [0, 0.1) is 0 Å². The zero-order valence-electron chi connectivity index (χ0n) is 9.82. The maximum absolute atomic E-state index is 4.18. The van der Waals surface area contributed by atoms with E-state index in [0.29, 0.717) is 6.04 Å². The first kappa shape index (κ1) is 11.5. The average Bonchev–Trinajstić information content (AvgIpc) is 2.38. The number of pyridine rings is 1. The van der Waals surface area contributed by atoms with E-state index in [1.165, 1.54) is 5.56 Å². The van der Waals surface area contributed by atoms with Gasteiger partial charge in [0.25, 0.3) is 0 Å². The minimum Gasteiger partial charge on any atom is -0.314 e. The summed E-state index contributed by atoms with van der Waals surface area (Å²) in [5, 5.41) is 6.73. The lowest BCUT2D eigenvalue weighted by atomic mass is 10.1. The minimum atomic E-state index is 0.381. The quantitative estimate of drug-likeness (QED) is 0.763. The number of likely N-dealkylation sites (N-methyl/N-ethyl adjacent to an activating group) is 1. The van der Waals surface area contributed by atoms with Crippen molar-refractivity contribution in [3.05, 3.63) is 30.1 Å². The van der Waals surface area contributed by atoms with Crippen LogP contribution in [-0.2, 0) is 0 Å². The topological polar surface area (TPSA) is 40.2 Å². The van der Waals surface area contributed by atoms with Crippen molar-refractivity contribution in [2.24, 2.45) is 0 Å². The van der Waals surface area contributed by atoms with E-state index >= 15 is 0 Å². The van der Waals surface area contributed by atoms with Gasteiger partial charge in [0, 0.05) is 51.2 Å². The zero-order valence-corrected chi connectivity index (χ0v) is 9.82. The standard InChI is InChI=1S/C12H20N4/c1-13-12(11-3-2-4-15-9-11)10-16-7-5-14-6-8-16/h2-4,9,12-14H,5-8,10H2,1H3. The number of hydrogen-bond acceptors (Lipinski definition) is 4. The summed E-state index contributed by atoms with van der Waals surface area (Å²) in [6.07, 6.45) is 3.77. The third-order valence-electron chi connectivity index (χ3n) is 3.09. The van der Waals surface area contributed by atoms with Crippen molar-refractivity contribution < 1.29 is 0 Å².